The molecule has 204 valence electrons. The zero-order chi connectivity index (χ0) is 27.1. The maximum atomic E-state index is 12.7. The predicted molar refractivity (Wildman–Crippen MR) is 165 cm³/mol. The van der Waals surface area contributed by atoms with E-state index in [-0.39, 0.29) is 17.4 Å². The van der Waals surface area contributed by atoms with Crippen molar-refractivity contribution >= 4 is 34.9 Å². The van der Waals surface area contributed by atoms with Gasteiger partial charge in [0, 0.05) is 54.1 Å². The van der Waals surface area contributed by atoms with E-state index in [2.05, 4.69) is 102 Å². The number of carbonyl (C=O) groups is 1. The number of nitrogens with one attached hydrogen (secondary N) is 2. The van der Waals surface area contributed by atoms with Crippen LogP contribution in [0.3, 0.4) is 0 Å². The first-order valence-electron chi connectivity index (χ1n) is 14.3. The summed E-state index contributed by atoms with van der Waals surface area (Å²) in [4.78, 5) is 17.7. The minimum absolute atomic E-state index is 0.00511. The Morgan fingerprint density at radius 2 is 1.72 bits per heavy atom. The Hall–Kier alpha value is -3.12. The summed E-state index contributed by atoms with van der Waals surface area (Å²) in [5, 5.41) is 4.44. The second-order valence-corrected chi connectivity index (χ2v) is 13.3. The van der Waals surface area contributed by atoms with E-state index < -0.39 is 0 Å². The standard InChI is InChI=1S/C33H40N4OS/c1-22-8-13-30(23(2)18-22)37-16-14-36(15-17-37)27-7-5-6-24(20-27)31-33(3,4)21-26-19-25(9-12-29(26)34-31)32(38)35-39-28-10-11-28/h5-9,12-13,18-20,28,31,34H,10-11,14-17,21H2,1-4H3,(H,35,38). The Morgan fingerprint density at radius 3 is 2.46 bits per heavy atom. The molecule has 5 nitrogen and oxygen atoms in total. The fraction of sp³-hybridized carbons (Fsp3) is 0.424. The lowest BCUT2D eigenvalue weighted by Crippen LogP contribution is -2.46. The number of amides is 1. The van der Waals surface area contributed by atoms with E-state index in [0.717, 1.165) is 43.9 Å². The normalized spacial score (nSPS) is 20.3. The Labute approximate surface area is 237 Å². The second kappa shape index (κ2) is 10.5. The third kappa shape index (κ3) is 5.62. The lowest BCUT2D eigenvalue weighted by Gasteiger charge is -2.42. The molecule has 1 saturated heterocycles. The smallest absolute Gasteiger partial charge is 0.261 e. The van der Waals surface area contributed by atoms with Gasteiger partial charge in [0.25, 0.3) is 5.91 Å². The van der Waals surface area contributed by atoms with Crippen LogP contribution in [0.2, 0.25) is 0 Å². The van der Waals surface area contributed by atoms with Crippen molar-refractivity contribution in [1.82, 2.24) is 4.72 Å². The van der Waals surface area contributed by atoms with Crippen molar-refractivity contribution in [2.75, 3.05) is 41.3 Å². The van der Waals surface area contributed by atoms with E-state index in [1.165, 1.54) is 46.5 Å². The van der Waals surface area contributed by atoms with Crippen LogP contribution in [0.5, 0.6) is 0 Å². The first-order chi connectivity index (χ1) is 18.8. The predicted octanol–water partition coefficient (Wildman–Crippen LogP) is 6.91. The van der Waals surface area contributed by atoms with Gasteiger partial charge in [0.2, 0.25) is 0 Å². The molecule has 2 aliphatic heterocycles. The molecule has 6 rings (SSSR count). The van der Waals surface area contributed by atoms with Crippen LogP contribution in [0.15, 0.2) is 60.7 Å². The Bertz CT molecular complexity index is 1370. The summed E-state index contributed by atoms with van der Waals surface area (Å²) < 4.78 is 3.03. The van der Waals surface area contributed by atoms with Crippen LogP contribution in [0.25, 0.3) is 0 Å². The molecule has 0 spiro atoms. The number of piperazine rings is 1. The second-order valence-electron chi connectivity index (χ2n) is 12.2. The van der Waals surface area contributed by atoms with E-state index in [0.29, 0.717) is 5.25 Å². The van der Waals surface area contributed by atoms with Crippen LogP contribution in [0.4, 0.5) is 17.1 Å². The minimum atomic E-state index is 0.00511. The van der Waals surface area contributed by atoms with E-state index in [1.807, 2.05) is 6.07 Å². The van der Waals surface area contributed by atoms with Gasteiger partial charge >= 0.3 is 0 Å². The molecule has 0 radical (unpaired) electrons. The summed E-state index contributed by atoms with van der Waals surface area (Å²) in [6.45, 7) is 13.1. The third-order valence-electron chi connectivity index (χ3n) is 8.48. The SMILES string of the molecule is Cc1ccc(N2CCN(c3cccc(C4Nc5ccc(C(=O)NSC6CC6)cc5CC4(C)C)c3)CC2)c(C)c1. The summed E-state index contributed by atoms with van der Waals surface area (Å²) >= 11 is 1.57. The molecular formula is C33H40N4OS. The molecule has 1 saturated carbocycles. The first kappa shape index (κ1) is 26.1. The molecule has 3 aromatic rings. The average Bonchev–Trinajstić information content (AvgIpc) is 3.75. The average molecular weight is 541 g/mol. The Balaban J connectivity index is 1.15. The molecule has 1 unspecified atom stereocenters. The number of anilines is 3. The number of carbonyl (C=O) groups excluding carboxylic acids is 1. The van der Waals surface area contributed by atoms with Gasteiger partial charge in [-0.2, -0.15) is 0 Å². The quantitative estimate of drug-likeness (QED) is 0.333. The highest BCUT2D eigenvalue weighted by atomic mass is 32.2. The van der Waals surface area contributed by atoms with Crippen molar-refractivity contribution in [1.29, 1.82) is 0 Å². The monoisotopic (exact) mass is 540 g/mol. The third-order valence-corrected chi connectivity index (χ3v) is 9.59. The van der Waals surface area contributed by atoms with Gasteiger partial charge in [-0.15, -0.1) is 0 Å². The molecule has 1 amide bonds. The van der Waals surface area contributed by atoms with Crippen LogP contribution < -0.4 is 19.8 Å². The number of hydrogen-bond acceptors (Lipinski definition) is 5. The highest BCUT2D eigenvalue weighted by Crippen LogP contribution is 2.45. The number of rotatable bonds is 6. The molecule has 3 aromatic carbocycles. The fourth-order valence-corrected chi connectivity index (χ4v) is 6.91. The van der Waals surface area contributed by atoms with Gasteiger partial charge in [-0.25, -0.2) is 0 Å². The summed E-state index contributed by atoms with van der Waals surface area (Å²) in [6.07, 6.45) is 3.34. The largest absolute Gasteiger partial charge is 0.377 e. The van der Waals surface area contributed by atoms with E-state index in [4.69, 9.17) is 0 Å². The zero-order valence-corrected chi connectivity index (χ0v) is 24.4. The first-order valence-corrected chi connectivity index (χ1v) is 15.2. The van der Waals surface area contributed by atoms with Crippen molar-refractivity contribution in [3.8, 4) is 0 Å². The van der Waals surface area contributed by atoms with Crippen LogP contribution in [-0.4, -0.2) is 37.3 Å². The molecule has 3 aliphatic rings. The van der Waals surface area contributed by atoms with Crippen LogP contribution >= 0.6 is 11.9 Å². The number of benzene rings is 3. The molecule has 0 bridgehead atoms. The molecule has 1 atom stereocenters. The van der Waals surface area contributed by atoms with Crippen molar-refractivity contribution in [3.05, 3.63) is 88.5 Å². The molecule has 39 heavy (non-hydrogen) atoms. The van der Waals surface area contributed by atoms with Crippen LogP contribution in [0.1, 0.15) is 65.3 Å². The maximum Gasteiger partial charge on any atom is 0.261 e. The van der Waals surface area contributed by atoms with E-state index in [9.17, 15) is 4.79 Å². The molecule has 2 fully saturated rings. The lowest BCUT2D eigenvalue weighted by atomic mass is 9.72. The number of nitrogens with zero attached hydrogens (tertiary/aromatic N) is 2. The summed E-state index contributed by atoms with van der Waals surface area (Å²) in [5.74, 6) is 0.0139. The van der Waals surface area contributed by atoms with Gasteiger partial charge in [0.1, 0.15) is 0 Å². The molecular weight excluding hydrogens is 500 g/mol. The van der Waals surface area contributed by atoms with Gasteiger partial charge in [-0.3, -0.25) is 9.52 Å². The van der Waals surface area contributed by atoms with Gasteiger partial charge < -0.3 is 15.1 Å². The van der Waals surface area contributed by atoms with Crippen LogP contribution in [-0.2, 0) is 6.42 Å². The van der Waals surface area contributed by atoms with Gasteiger partial charge in [0.05, 0.1) is 6.04 Å². The lowest BCUT2D eigenvalue weighted by molar-refractivity contribution is 0.0984. The number of hydrogen-bond donors (Lipinski definition) is 2. The van der Waals surface area contributed by atoms with Gasteiger partial charge in [0.15, 0.2) is 0 Å². The summed E-state index contributed by atoms with van der Waals surface area (Å²) in [7, 11) is 0. The Kier molecular flexibility index (Phi) is 7.00. The number of aryl methyl sites for hydroxylation is 2. The van der Waals surface area contributed by atoms with E-state index in [1.54, 1.807) is 11.9 Å². The highest BCUT2D eigenvalue weighted by Gasteiger charge is 2.36. The molecule has 2 heterocycles. The molecule has 1 aliphatic carbocycles. The van der Waals surface area contributed by atoms with Gasteiger partial charge in [-0.05, 0) is 104 Å². The fourth-order valence-electron chi connectivity index (χ4n) is 6.15. The number of fused-ring (bicyclic) bond motifs is 1. The van der Waals surface area contributed by atoms with Crippen molar-refractivity contribution in [2.24, 2.45) is 5.41 Å². The Morgan fingerprint density at radius 1 is 0.949 bits per heavy atom. The van der Waals surface area contributed by atoms with Gasteiger partial charge in [-0.1, -0.05) is 43.7 Å². The summed E-state index contributed by atoms with van der Waals surface area (Å²) in [5.41, 5.74) is 9.79. The topological polar surface area (TPSA) is 47.6 Å². The van der Waals surface area contributed by atoms with E-state index >= 15 is 0 Å². The maximum absolute atomic E-state index is 12.7. The van der Waals surface area contributed by atoms with Crippen molar-refractivity contribution in [2.45, 2.75) is 58.2 Å². The summed E-state index contributed by atoms with van der Waals surface area (Å²) in [6, 6.07) is 22.2. The molecule has 2 N–H and O–H groups in total. The molecule has 6 heteroatoms. The van der Waals surface area contributed by atoms with Crippen LogP contribution in [0, 0.1) is 19.3 Å². The molecule has 0 aromatic heterocycles. The van der Waals surface area contributed by atoms with Crippen molar-refractivity contribution in [3.63, 3.8) is 0 Å². The highest BCUT2D eigenvalue weighted by molar-refractivity contribution is 7.98. The minimum Gasteiger partial charge on any atom is -0.377 e. The zero-order valence-electron chi connectivity index (χ0n) is 23.6. The van der Waals surface area contributed by atoms with Crippen molar-refractivity contribution < 1.29 is 4.79 Å².